The van der Waals surface area contributed by atoms with E-state index in [0.29, 0.717) is 35.5 Å². The fourth-order valence-electron chi connectivity index (χ4n) is 3.23. The number of aliphatic hydroxyl groups is 1. The molecule has 0 spiro atoms. The number of rotatable bonds is 10. The van der Waals surface area contributed by atoms with Crippen molar-refractivity contribution in [3.8, 4) is 10.6 Å². The van der Waals surface area contributed by atoms with Crippen molar-refractivity contribution in [2.45, 2.75) is 13.1 Å². The van der Waals surface area contributed by atoms with E-state index >= 15 is 0 Å². The van der Waals surface area contributed by atoms with E-state index in [1.54, 1.807) is 24.4 Å². The number of aromatic nitrogens is 2. The van der Waals surface area contributed by atoms with Crippen LogP contribution in [0, 0.1) is 0 Å². The molecule has 0 aliphatic carbocycles. The van der Waals surface area contributed by atoms with Crippen LogP contribution in [-0.2, 0) is 13.1 Å². The number of nitrogens with zero attached hydrogens (tertiary/aromatic N) is 2. The van der Waals surface area contributed by atoms with Gasteiger partial charge in [0.15, 0.2) is 0 Å². The molecule has 174 valence electrons. The van der Waals surface area contributed by atoms with E-state index in [0.717, 1.165) is 27.4 Å². The minimum atomic E-state index is -0.134. The fourth-order valence-corrected chi connectivity index (χ4v) is 4.24. The monoisotopic (exact) mass is 493 g/mol. The SMILES string of the molecule is O=C(NCc1ccc(Cl)cc1)c1ccc(-c2ccnc(Nc3cccc(CNCCO)c3)n2)s1. The minimum absolute atomic E-state index is 0.104. The molecule has 1 amide bonds. The van der Waals surface area contributed by atoms with Crippen molar-refractivity contribution >= 4 is 40.5 Å². The zero-order valence-corrected chi connectivity index (χ0v) is 19.9. The van der Waals surface area contributed by atoms with Gasteiger partial charge in [-0.15, -0.1) is 11.3 Å². The molecule has 0 saturated carbocycles. The molecule has 2 aromatic carbocycles. The second-order valence-electron chi connectivity index (χ2n) is 7.46. The van der Waals surface area contributed by atoms with Gasteiger partial charge in [-0.3, -0.25) is 4.79 Å². The molecular formula is C25H24ClN5O2S. The van der Waals surface area contributed by atoms with E-state index in [1.807, 2.05) is 48.5 Å². The quantitative estimate of drug-likeness (QED) is 0.241. The Labute approximate surface area is 206 Å². The van der Waals surface area contributed by atoms with Gasteiger partial charge in [-0.2, -0.15) is 0 Å². The second-order valence-corrected chi connectivity index (χ2v) is 8.98. The maximum atomic E-state index is 12.6. The van der Waals surface area contributed by atoms with Crippen LogP contribution in [0.3, 0.4) is 0 Å². The van der Waals surface area contributed by atoms with Gasteiger partial charge in [0.2, 0.25) is 5.95 Å². The highest BCUT2D eigenvalue weighted by Gasteiger charge is 2.12. The number of carbonyl (C=O) groups excluding carboxylic acids is 1. The molecule has 4 aromatic rings. The lowest BCUT2D eigenvalue weighted by molar-refractivity contribution is 0.0955. The van der Waals surface area contributed by atoms with Gasteiger partial charge < -0.3 is 21.1 Å². The van der Waals surface area contributed by atoms with Crippen molar-refractivity contribution in [3.05, 3.63) is 94.0 Å². The number of hydrogen-bond donors (Lipinski definition) is 4. The largest absolute Gasteiger partial charge is 0.395 e. The van der Waals surface area contributed by atoms with Crippen LogP contribution in [0.1, 0.15) is 20.8 Å². The Morgan fingerprint density at radius 2 is 1.85 bits per heavy atom. The number of amides is 1. The molecule has 0 fully saturated rings. The lowest BCUT2D eigenvalue weighted by atomic mass is 10.2. The average molecular weight is 494 g/mol. The number of halogens is 1. The summed E-state index contributed by atoms with van der Waals surface area (Å²) >= 11 is 7.29. The van der Waals surface area contributed by atoms with Gasteiger partial charge in [0.05, 0.1) is 22.1 Å². The smallest absolute Gasteiger partial charge is 0.261 e. The Morgan fingerprint density at radius 1 is 1.00 bits per heavy atom. The first-order valence-corrected chi connectivity index (χ1v) is 11.9. The van der Waals surface area contributed by atoms with Crippen molar-refractivity contribution in [1.82, 2.24) is 20.6 Å². The average Bonchev–Trinajstić information content (AvgIpc) is 3.35. The van der Waals surface area contributed by atoms with Crippen molar-refractivity contribution in [2.75, 3.05) is 18.5 Å². The molecule has 0 aliphatic heterocycles. The van der Waals surface area contributed by atoms with E-state index in [4.69, 9.17) is 16.7 Å². The van der Waals surface area contributed by atoms with Crippen molar-refractivity contribution in [3.63, 3.8) is 0 Å². The van der Waals surface area contributed by atoms with Crippen LogP contribution in [0.5, 0.6) is 0 Å². The molecule has 0 saturated heterocycles. The number of anilines is 2. The summed E-state index contributed by atoms with van der Waals surface area (Å²) < 4.78 is 0. The molecule has 0 radical (unpaired) electrons. The number of carbonyl (C=O) groups is 1. The van der Waals surface area contributed by atoms with E-state index in [1.165, 1.54) is 11.3 Å². The molecule has 4 N–H and O–H groups in total. The Hall–Kier alpha value is -3.30. The number of aliphatic hydroxyl groups excluding tert-OH is 1. The first kappa shape index (κ1) is 23.8. The van der Waals surface area contributed by atoms with Crippen LogP contribution >= 0.6 is 22.9 Å². The summed E-state index contributed by atoms with van der Waals surface area (Å²) in [5.74, 6) is 0.338. The van der Waals surface area contributed by atoms with Crippen LogP contribution in [-0.4, -0.2) is 34.1 Å². The highest BCUT2D eigenvalue weighted by molar-refractivity contribution is 7.17. The Morgan fingerprint density at radius 3 is 2.68 bits per heavy atom. The van der Waals surface area contributed by atoms with Gasteiger partial charge in [0, 0.05) is 36.5 Å². The fraction of sp³-hybridized carbons (Fsp3) is 0.160. The second kappa shape index (κ2) is 11.7. The lowest BCUT2D eigenvalue weighted by Crippen LogP contribution is -2.21. The summed E-state index contributed by atoms with van der Waals surface area (Å²) in [6.07, 6.45) is 1.69. The molecule has 9 heteroatoms. The maximum Gasteiger partial charge on any atom is 0.261 e. The first-order chi connectivity index (χ1) is 16.6. The summed E-state index contributed by atoms with van der Waals surface area (Å²) in [4.78, 5) is 23.0. The molecule has 0 unspecified atom stereocenters. The van der Waals surface area contributed by atoms with Crippen LogP contribution in [0.15, 0.2) is 72.9 Å². The van der Waals surface area contributed by atoms with E-state index in [9.17, 15) is 4.79 Å². The molecule has 0 bridgehead atoms. The Kier molecular flexibility index (Phi) is 8.21. The number of benzene rings is 2. The number of nitrogens with one attached hydrogen (secondary N) is 3. The predicted molar refractivity (Wildman–Crippen MR) is 136 cm³/mol. The molecule has 0 atom stereocenters. The van der Waals surface area contributed by atoms with Gasteiger partial charge in [-0.05, 0) is 53.6 Å². The van der Waals surface area contributed by atoms with Gasteiger partial charge in [-0.1, -0.05) is 35.9 Å². The van der Waals surface area contributed by atoms with Gasteiger partial charge >= 0.3 is 0 Å². The van der Waals surface area contributed by atoms with Crippen molar-refractivity contribution in [1.29, 1.82) is 0 Å². The van der Waals surface area contributed by atoms with Crippen molar-refractivity contribution in [2.24, 2.45) is 0 Å². The Bertz CT molecular complexity index is 1250. The van der Waals surface area contributed by atoms with E-state index in [-0.39, 0.29) is 12.5 Å². The Balaban J connectivity index is 1.39. The predicted octanol–water partition coefficient (Wildman–Crippen LogP) is 4.61. The zero-order chi connectivity index (χ0) is 23.8. The third kappa shape index (κ3) is 6.61. The molecule has 34 heavy (non-hydrogen) atoms. The third-order valence-electron chi connectivity index (χ3n) is 4.90. The third-order valence-corrected chi connectivity index (χ3v) is 6.26. The molecule has 2 aromatic heterocycles. The molecule has 7 nitrogen and oxygen atoms in total. The van der Waals surface area contributed by atoms with Gasteiger partial charge in [0.25, 0.3) is 5.91 Å². The summed E-state index contributed by atoms with van der Waals surface area (Å²) in [5, 5.41) is 18.9. The minimum Gasteiger partial charge on any atom is -0.395 e. The lowest BCUT2D eigenvalue weighted by Gasteiger charge is -2.08. The van der Waals surface area contributed by atoms with Crippen LogP contribution in [0.25, 0.3) is 10.6 Å². The highest BCUT2D eigenvalue weighted by Crippen LogP contribution is 2.27. The summed E-state index contributed by atoms with van der Waals surface area (Å²) in [6.45, 7) is 1.74. The van der Waals surface area contributed by atoms with Crippen LogP contribution in [0.4, 0.5) is 11.6 Å². The van der Waals surface area contributed by atoms with Crippen molar-refractivity contribution < 1.29 is 9.90 Å². The summed E-state index contributed by atoms with van der Waals surface area (Å²) in [6, 6.07) is 20.8. The highest BCUT2D eigenvalue weighted by atomic mass is 35.5. The standard InChI is InChI=1S/C25H24ClN5O2S/c26-19-6-4-17(5-7-19)16-29-24(33)23-9-8-22(34-23)21-10-11-28-25(31-21)30-20-3-1-2-18(14-20)15-27-12-13-32/h1-11,14,27,32H,12-13,15-16H2,(H,29,33)(H,28,30,31). The topological polar surface area (TPSA) is 99.2 Å². The molecule has 4 rings (SSSR count). The maximum absolute atomic E-state index is 12.6. The summed E-state index contributed by atoms with van der Waals surface area (Å²) in [7, 11) is 0. The molecule has 0 aliphatic rings. The number of thiophene rings is 1. The van der Waals surface area contributed by atoms with E-state index < -0.39 is 0 Å². The first-order valence-electron chi connectivity index (χ1n) is 10.7. The zero-order valence-electron chi connectivity index (χ0n) is 18.3. The molecule has 2 heterocycles. The molecular weight excluding hydrogens is 470 g/mol. The van der Waals surface area contributed by atoms with Gasteiger partial charge in [0.1, 0.15) is 0 Å². The number of hydrogen-bond acceptors (Lipinski definition) is 7. The normalized spacial score (nSPS) is 10.8. The van der Waals surface area contributed by atoms with E-state index in [2.05, 4.69) is 25.9 Å². The summed E-state index contributed by atoms with van der Waals surface area (Å²) in [5.41, 5.74) is 3.67. The van der Waals surface area contributed by atoms with Crippen LogP contribution < -0.4 is 16.0 Å². The van der Waals surface area contributed by atoms with Gasteiger partial charge in [-0.25, -0.2) is 9.97 Å². The van der Waals surface area contributed by atoms with Crippen LogP contribution in [0.2, 0.25) is 5.02 Å².